The lowest BCUT2D eigenvalue weighted by atomic mass is 10.1. The molecule has 4 heteroatoms. The zero-order valence-corrected chi connectivity index (χ0v) is 11.7. The number of hydrogen-bond acceptors (Lipinski definition) is 2. The summed E-state index contributed by atoms with van der Waals surface area (Å²) >= 11 is 0. The van der Waals surface area contributed by atoms with Crippen molar-refractivity contribution < 1.29 is 4.79 Å². The quantitative estimate of drug-likeness (QED) is 0.770. The number of amides is 1. The average Bonchev–Trinajstić information content (AvgIpc) is 2.82. The summed E-state index contributed by atoms with van der Waals surface area (Å²) in [4.78, 5) is 14.9. The van der Waals surface area contributed by atoms with E-state index < -0.39 is 0 Å². The minimum Gasteiger partial charge on any atom is -0.361 e. The molecule has 0 aliphatic rings. The van der Waals surface area contributed by atoms with Crippen LogP contribution in [0.5, 0.6) is 0 Å². The molecule has 1 aromatic carbocycles. The molecular formula is C15H21N3O. The molecule has 1 heterocycles. The van der Waals surface area contributed by atoms with Crippen molar-refractivity contribution in [3.63, 3.8) is 0 Å². The molecular weight excluding hydrogens is 238 g/mol. The van der Waals surface area contributed by atoms with Crippen LogP contribution in [0.3, 0.4) is 0 Å². The lowest BCUT2D eigenvalue weighted by Gasteiger charge is -2.16. The van der Waals surface area contributed by atoms with Gasteiger partial charge in [0, 0.05) is 24.3 Å². The minimum absolute atomic E-state index is 0.0396. The monoisotopic (exact) mass is 259 g/mol. The Morgan fingerprint density at radius 3 is 2.79 bits per heavy atom. The molecule has 1 unspecified atom stereocenters. The van der Waals surface area contributed by atoms with E-state index >= 15 is 0 Å². The van der Waals surface area contributed by atoms with E-state index in [9.17, 15) is 4.79 Å². The number of nitrogens with one attached hydrogen (secondary N) is 3. The Morgan fingerprint density at radius 1 is 1.26 bits per heavy atom. The molecule has 1 atom stereocenters. The number of carbonyl (C=O) groups is 1. The van der Waals surface area contributed by atoms with Crippen LogP contribution in [-0.4, -0.2) is 23.0 Å². The van der Waals surface area contributed by atoms with Gasteiger partial charge in [-0.25, -0.2) is 0 Å². The average molecular weight is 259 g/mol. The lowest BCUT2D eigenvalue weighted by Crippen LogP contribution is -2.44. The molecule has 3 N–H and O–H groups in total. The van der Waals surface area contributed by atoms with Gasteiger partial charge in [-0.3, -0.25) is 4.79 Å². The summed E-state index contributed by atoms with van der Waals surface area (Å²) in [7, 11) is 0. The van der Waals surface area contributed by atoms with E-state index in [1.165, 1.54) is 10.9 Å². The van der Waals surface area contributed by atoms with Crippen molar-refractivity contribution in [2.45, 2.75) is 39.4 Å². The first kappa shape index (κ1) is 13.6. The molecule has 0 saturated heterocycles. The fourth-order valence-electron chi connectivity index (χ4n) is 1.99. The zero-order chi connectivity index (χ0) is 13.8. The predicted molar refractivity (Wildman–Crippen MR) is 77.9 cm³/mol. The van der Waals surface area contributed by atoms with E-state index in [0.29, 0.717) is 6.54 Å². The van der Waals surface area contributed by atoms with Gasteiger partial charge in [0.15, 0.2) is 0 Å². The molecule has 0 radical (unpaired) electrons. The number of rotatable bonds is 5. The third-order valence-electron chi connectivity index (χ3n) is 3.05. The molecule has 0 aliphatic carbocycles. The molecule has 0 bridgehead atoms. The highest BCUT2D eigenvalue weighted by Crippen LogP contribution is 2.14. The Labute approximate surface area is 113 Å². The Bertz CT molecular complexity index is 559. The van der Waals surface area contributed by atoms with Crippen LogP contribution in [-0.2, 0) is 11.3 Å². The van der Waals surface area contributed by atoms with Crippen molar-refractivity contribution in [2.24, 2.45) is 0 Å². The highest BCUT2D eigenvalue weighted by molar-refractivity contribution is 5.81. The van der Waals surface area contributed by atoms with Gasteiger partial charge < -0.3 is 15.6 Å². The number of benzene rings is 1. The van der Waals surface area contributed by atoms with E-state index in [-0.39, 0.29) is 18.0 Å². The van der Waals surface area contributed by atoms with Gasteiger partial charge in [-0.1, -0.05) is 6.07 Å². The molecule has 0 spiro atoms. The van der Waals surface area contributed by atoms with Crippen LogP contribution in [0.25, 0.3) is 10.9 Å². The fourth-order valence-corrected chi connectivity index (χ4v) is 1.99. The molecule has 4 nitrogen and oxygen atoms in total. The topological polar surface area (TPSA) is 56.9 Å². The van der Waals surface area contributed by atoms with Gasteiger partial charge in [0.2, 0.25) is 5.91 Å². The first-order valence-corrected chi connectivity index (χ1v) is 6.66. The van der Waals surface area contributed by atoms with Crippen molar-refractivity contribution >= 4 is 16.8 Å². The normalized spacial score (nSPS) is 12.8. The lowest BCUT2D eigenvalue weighted by molar-refractivity contribution is -0.123. The van der Waals surface area contributed by atoms with Crippen LogP contribution in [0.4, 0.5) is 0 Å². The predicted octanol–water partition coefficient (Wildman–Crippen LogP) is 2.17. The van der Waals surface area contributed by atoms with E-state index in [1.807, 2.05) is 33.0 Å². The van der Waals surface area contributed by atoms with Gasteiger partial charge >= 0.3 is 0 Å². The first-order chi connectivity index (χ1) is 9.06. The summed E-state index contributed by atoms with van der Waals surface area (Å²) in [6.07, 6.45) is 1.93. The summed E-state index contributed by atoms with van der Waals surface area (Å²) in [5.41, 5.74) is 2.31. The van der Waals surface area contributed by atoms with Crippen molar-refractivity contribution in [2.75, 3.05) is 0 Å². The maximum atomic E-state index is 11.8. The molecule has 0 saturated carbocycles. The molecule has 1 aromatic heterocycles. The Balaban J connectivity index is 1.92. The number of aromatic nitrogens is 1. The van der Waals surface area contributed by atoms with Crippen LogP contribution >= 0.6 is 0 Å². The van der Waals surface area contributed by atoms with Crippen LogP contribution < -0.4 is 10.6 Å². The highest BCUT2D eigenvalue weighted by Gasteiger charge is 2.12. The number of carbonyl (C=O) groups excluding carboxylic acids is 1. The highest BCUT2D eigenvalue weighted by atomic mass is 16.2. The van der Waals surface area contributed by atoms with Crippen LogP contribution in [0.1, 0.15) is 26.3 Å². The Morgan fingerprint density at radius 2 is 2.05 bits per heavy atom. The van der Waals surface area contributed by atoms with Gasteiger partial charge in [0.1, 0.15) is 0 Å². The number of aromatic amines is 1. The molecule has 0 fully saturated rings. The Hall–Kier alpha value is -1.81. The summed E-state index contributed by atoms with van der Waals surface area (Å²) in [6.45, 7) is 6.50. The second-order valence-electron chi connectivity index (χ2n) is 5.17. The first-order valence-electron chi connectivity index (χ1n) is 6.66. The van der Waals surface area contributed by atoms with Crippen LogP contribution in [0, 0.1) is 0 Å². The Kier molecular flexibility index (Phi) is 4.22. The zero-order valence-electron chi connectivity index (χ0n) is 11.7. The molecule has 19 heavy (non-hydrogen) atoms. The molecule has 2 aromatic rings. The van der Waals surface area contributed by atoms with Crippen LogP contribution in [0.2, 0.25) is 0 Å². The summed E-state index contributed by atoms with van der Waals surface area (Å²) in [5.74, 6) is 0.0396. The van der Waals surface area contributed by atoms with Gasteiger partial charge in [-0.05, 0) is 49.9 Å². The van der Waals surface area contributed by atoms with Gasteiger partial charge in [-0.15, -0.1) is 0 Å². The third kappa shape index (κ3) is 3.58. The standard InChI is InChI=1S/C15H21N3O/c1-10(2)18-15(19)11(3)17-9-12-4-5-14-13(8-12)6-7-16-14/h4-8,10-11,16-17H,9H2,1-3H3,(H,18,19). The second-order valence-corrected chi connectivity index (χ2v) is 5.17. The van der Waals surface area contributed by atoms with E-state index in [2.05, 4.69) is 33.8 Å². The van der Waals surface area contributed by atoms with Gasteiger partial charge in [0.25, 0.3) is 0 Å². The van der Waals surface area contributed by atoms with Gasteiger partial charge in [-0.2, -0.15) is 0 Å². The largest absolute Gasteiger partial charge is 0.361 e. The number of fused-ring (bicyclic) bond motifs is 1. The number of H-pyrrole nitrogens is 1. The second kappa shape index (κ2) is 5.89. The SMILES string of the molecule is CC(C)NC(=O)C(C)NCc1ccc2[nH]ccc2c1. The van der Waals surface area contributed by atoms with Crippen molar-refractivity contribution in [3.8, 4) is 0 Å². The van der Waals surface area contributed by atoms with Gasteiger partial charge in [0.05, 0.1) is 6.04 Å². The van der Waals surface area contributed by atoms with E-state index in [0.717, 1.165) is 5.52 Å². The van der Waals surface area contributed by atoms with Crippen molar-refractivity contribution in [1.29, 1.82) is 0 Å². The fraction of sp³-hybridized carbons (Fsp3) is 0.400. The minimum atomic E-state index is -0.190. The summed E-state index contributed by atoms with van der Waals surface area (Å²) in [5, 5.41) is 7.33. The van der Waals surface area contributed by atoms with Crippen LogP contribution in [0.15, 0.2) is 30.5 Å². The maximum Gasteiger partial charge on any atom is 0.237 e. The molecule has 2 rings (SSSR count). The van der Waals surface area contributed by atoms with E-state index in [4.69, 9.17) is 0 Å². The van der Waals surface area contributed by atoms with Crippen molar-refractivity contribution in [3.05, 3.63) is 36.0 Å². The molecule has 1 amide bonds. The summed E-state index contributed by atoms with van der Waals surface area (Å²) < 4.78 is 0. The number of hydrogen-bond donors (Lipinski definition) is 3. The molecule has 102 valence electrons. The van der Waals surface area contributed by atoms with Crippen molar-refractivity contribution in [1.82, 2.24) is 15.6 Å². The smallest absolute Gasteiger partial charge is 0.237 e. The third-order valence-corrected chi connectivity index (χ3v) is 3.05. The molecule has 0 aliphatic heterocycles. The summed E-state index contributed by atoms with van der Waals surface area (Å²) in [6, 6.07) is 8.29. The maximum absolute atomic E-state index is 11.8. The van der Waals surface area contributed by atoms with E-state index in [1.54, 1.807) is 0 Å².